The van der Waals surface area contributed by atoms with Crippen molar-refractivity contribution >= 4 is 5.69 Å². The second kappa shape index (κ2) is 6.64. The molecule has 0 heterocycles. The lowest BCUT2D eigenvalue weighted by molar-refractivity contribution is 0.338. The first-order valence-electron chi connectivity index (χ1n) is 7.00. The molecule has 0 aliphatic heterocycles. The minimum Gasteiger partial charge on any atom is -0.494 e. The van der Waals surface area contributed by atoms with Gasteiger partial charge in [-0.25, -0.2) is 0 Å². The summed E-state index contributed by atoms with van der Waals surface area (Å²) in [5, 5.41) is 3.50. The first-order valence-corrected chi connectivity index (χ1v) is 7.00. The topological polar surface area (TPSA) is 47.3 Å². The predicted octanol–water partition coefficient (Wildman–Crippen LogP) is 3.01. The highest BCUT2D eigenvalue weighted by Crippen LogP contribution is 2.24. The SMILES string of the molecule is CCOc1ccc(NCC2CCC(N)CC2)cc1. The number of hydrogen-bond acceptors (Lipinski definition) is 3. The highest BCUT2D eigenvalue weighted by Gasteiger charge is 2.17. The van der Waals surface area contributed by atoms with Crippen LogP contribution in [0.1, 0.15) is 32.6 Å². The van der Waals surface area contributed by atoms with Crippen LogP contribution in [0.15, 0.2) is 24.3 Å². The van der Waals surface area contributed by atoms with Gasteiger partial charge < -0.3 is 15.8 Å². The summed E-state index contributed by atoms with van der Waals surface area (Å²) in [6.07, 6.45) is 4.86. The summed E-state index contributed by atoms with van der Waals surface area (Å²) >= 11 is 0. The molecule has 1 fully saturated rings. The van der Waals surface area contributed by atoms with Gasteiger partial charge in [0.25, 0.3) is 0 Å². The number of nitrogens with one attached hydrogen (secondary N) is 1. The van der Waals surface area contributed by atoms with Gasteiger partial charge >= 0.3 is 0 Å². The van der Waals surface area contributed by atoms with E-state index in [4.69, 9.17) is 10.5 Å². The van der Waals surface area contributed by atoms with E-state index >= 15 is 0 Å². The van der Waals surface area contributed by atoms with Crippen molar-refractivity contribution in [2.24, 2.45) is 11.7 Å². The summed E-state index contributed by atoms with van der Waals surface area (Å²) < 4.78 is 5.43. The normalized spacial score (nSPS) is 23.7. The first kappa shape index (κ1) is 13.2. The maximum Gasteiger partial charge on any atom is 0.119 e. The number of nitrogens with two attached hydrogens (primary N) is 1. The van der Waals surface area contributed by atoms with Crippen LogP contribution in [0, 0.1) is 5.92 Å². The summed E-state index contributed by atoms with van der Waals surface area (Å²) in [5.74, 6) is 1.71. The Morgan fingerprint density at radius 1 is 1.17 bits per heavy atom. The molecule has 0 atom stereocenters. The third kappa shape index (κ3) is 3.91. The van der Waals surface area contributed by atoms with Gasteiger partial charge in [-0.15, -0.1) is 0 Å². The molecule has 2 rings (SSSR count). The standard InChI is InChI=1S/C15H24N2O/c1-2-18-15-9-7-14(8-10-15)17-11-12-3-5-13(16)6-4-12/h7-10,12-13,17H,2-6,11,16H2,1H3. The van der Waals surface area contributed by atoms with E-state index in [0.717, 1.165) is 24.8 Å². The van der Waals surface area contributed by atoms with Crippen molar-refractivity contribution in [3.8, 4) is 5.75 Å². The summed E-state index contributed by atoms with van der Waals surface area (Å²) in [5.41, 5.74) is 7.09. The Balaban J connectivity index is 1.76. The van der Waals surface area contributed by atoms with Gasteiger partial charge in [-0.2, -0.15) is 0 Å². The predicted molar refractivity (Wildman–Crippen MR) is 76.0 cm³/mol. The molecular formula is C15H24N2O. The van der Waals surface area contributed by atoms with Crippen molar-refractivity contribution in [3.05, 3.63) is 24.3 Å². The molecule has 0 bridgehead atoms. The van der Waals surface area contributed by atoms with Gasteiger partial charge in [0.1, 0.15) is 5.75 Å². The smallest absolute Gasteiger partial charge is 0.119 e. The summed E-state index contributed by atoms with van der Waals surface area (Å²) in [6, 6.07) is 8.64. The van der Waals surface area contributed by atoms with Crippen molar-refractivity contribution < 1.29 is 4.74 Å². The molecule has 0 spiro atoms. The molecule has 0 saturated heterocycles. The first-order chi connectivity index (χ1) is 8.78. The van der Waals surface area contributed by atoms with Crippen molar-refractivity contribution in [1.29, 1.82) is 0 Å². The lowest BCUT2D eigenvalue weighted by atomic mass is 9.86. The minimum atomic E-state index is 0.437. The third-order valence-electron chi connectivity index (χ3n) is 3.65. The van der Waals surface area contributed by atoms with Crippen LogP contribution in [0.3, 0.4) is 0 Å². The Morgan fingerprint density at radius 2 is 1.83 bits per heavy atom. The van der Waals surface area contributed by atoms with Crippen molar-refractivity contribution in [1.82, 2.24) is 0 Å². The molecule has 3 nitrogen and oxygen atoms in total. The van der Waals surface area contributed by atoms with Crippen LogP contribution < -0.4 is 15.8 Å². The monoisotopic (exact) mass is 248 g/mol. The average Bonchev–Trinajstić information content (AvgIpc) is 2.40. The molecule has 3 N–H and O–H groups in total. The second-order valence-electron chi connectivity index (χ2n) is 5.12. The number of ether oxygens (including phenoxy) is 1. The molecule has 0 unspecified atom stereocenters. The van der Waals surface area contributed by atoms with Gasteiger partial charge in [-0.1, -0.05) is 0 Å². The van der Waals surface area contributed by atoms with Crippen LogP contribution in [0.2, 0.25) is 0 Å². The fourth-order valence-electron chi connectivity index (χ4n) is 2.49. The molecule has 1 aromatic carbocycles. The van der Waals surface area contributed by atoms with E-state index in [-0.39, 0.29) is 0 Å². The quantitative estimate of drug-likeness (QED) is 0.842. The third-order valence-corrected chi connectivity index (χ3v) is 3.65. The number of rotatable bonds is 5. The zero-order chi connectivity index (χ0) is 12.8. The van der Waals surface area contributed by atoms with Crippen molar-refractivity contribution in [3.63, 3.8) is 0 Å². The Labute approximate surface area is 110 Å². The van der Waals surface area contributed by atoms with Crippen LogP contribution in [0.5, 0.6) is 5.75 Å². The van der Waals surface area contributed by atoms with E-state index in [1.54, 1.807) is 0 Å². The van der Waals surface area contributed by atoms with Crippen LogP contribution in [0.4, 0.5) is 5.69 Å². The van der Waals surface area contributed by atoms with Gasteiger partial charge in [-0.3, -0.25) is 0 Å². The lowest BCUT2D eigenvalue weighted by Gasteiger charge is -2.26. The molecule has 1 aromatic rings. The van der Waals surface area contributed by atoms with E-state index < -0.39 is 0 Å². The Morgan fingerprint density at radius 3 is 2.44 bits per heavy atom. The molecule has 1 aliphatic carbocycles. The van der Waals surface area contributed by atoms with Crippen LogP contribution in [0.25, 0.3) is 0 Å². The average molecular weight is 248 g/mol. The van der Waals surface area contributed by atoms with Crippen molar-refractivity contribution in [2.45, 2.75) is 38.6 Å². The summed E-state index contributed by atoms with van der Waals surface area (Å²) in [7, 11) is 0. The fourth-order valence-corrected chi connectivity index (χ4v) is 2.49. The highest BCUT2D eigenvalue weighted by molar-refractivity contribution is 5.46. The van der Waals surface area contributed by atoms with E-state index in [1.807, 2.05) is 19.1 Å². The number of benzene rings is 1. The van der Waals surface area contributed by atoms with Gasteiger partial charge in [0.2, 0.25) is 0 Å². The fraction of sp³-hybridized carbons (Fsp3) is 0.600. The second-order valence-corrected chi connectivity index (χ2v) is 5.12. The van der Waals surface area contributed by atoms with E-state index in [2.05, 4.69) is 17.4 Å². The Kier molecular flexibility index (Phi) is 4.88. The maximum atomic E-state index is 5.92. The molecule has 1 saturated carbocycles. The molecule has 18 heavy (non-hydrogen) atoms. The van der Waals surface area contributed by atoms with Gasteiger partial charge in [0.05, 0.1) is 6.61 Å². The zero-order valence-corrected chi connectivity index (χ0v) is 11.2. The van der Waals surface area contributed by atoms with E-state index in [1.165, 1.54) is 31.4 Å². The van der Waals surface area contributed by atoms with Gasteiger partial charge in [0, 0.05) is 18.3 Å². The van der Waals surface area contributed by atoms with Crippen LogP contribution >= 0.6 is 0 Å². The summed E-state index contributed by atoms with van der Waals surface area (Å²) in [6.45, 7) is 3.77. The molecule has 3 heteroatoms. The van der Waals surface area contributed by atoms with Crippen molar-refractivity contribution in [2.75, 3.05) is 18.5 Å². The zero-order valence-electron chi connectivity index (χ0n) is 11.2. The van der Waals surface area contributed by atoms with Gasteiger partial charge in [-0.05, 0) is 62.8 Å². The summed E-state index contributed by atoms with van der Waals surface area (Å²) in [4.78, 5) is 0. The van der Waals surface area contributed by atoms with E-state index in [9.17, 15) is 0 Å². The minimum absolute atomic E-state index is 0.437. The van der Waals surface area contributed by atoms with E-state index in [0.29, 0.717) is 6.04 Å². The van der Waals surface area contributed by atoms with Crippen LogP contribution in [-0.2, 0) is 0 Å². The highest BCUT2D eigenvalue weighted by atomic mass is 16.5. The largest absolute Gasteiger partial charge is 0.494 e. The van der Waals surface area contributed by atoms with Gasteiger partial charge in [0.15, 0.2) is 0 Å². The lowest BCUT2D eigenvalue weighted by Crippen LogP contribution is -2.29. The maximum absolute atomic E-state index is 5.92. The molecule has 0 aromatic heterocycles. The Bertz CT molecular complexity index is 342. The molecule has 1 aliphatic rings. The van der Waals surface area contributed by atoms with Crippen LogP contribution in [-0.4, -0.2) is 19.2 Å². The molecular weight excluding hydrogens is 224 g/mol. The number of anilines is 1. The molecule has 0 amide bonds. The Hall–Kier alpha value is -1.22. The molecule has 100 valence electrons. The molecule has 0 radical (unpaired) electrons. The number of hydrogen-bond donors (Lipinski definition) is 2.